The summed E-state index contributed by atoms with van der Waals surface area (Å²) in [5, 5.41) is 7.79. The minimum Gasteiger partial charge on any atom is -0.465 e. The van der Waals surface area contributed by atoms with E-state index < -0.39 is 23.6 Å². The number of halogens is 1. The van der Waals surface area contributed by atoms with Gasteiger partial charge in [-0.15, -0.1) is 0 Å². The molecule has 136 valence electrons. The zero-order valence-electron chi connectivity index (χ0n) is 14.3. The number of hydrogen-bond acceptors (Lipinski definition) is 5. The van der Waals surface area contributed by atoms with Gasteiger partial charge in [-0.25, -0.2) is 9.18 Å². The van der Waals surface area contributed by atoms with Crippen LogP contribution in [-0.2, 0) is 14.3 Å². The molecule has 0 saturated carbocycles. The van der Waals surface area contributed by atoms with E-state index in [0.717, 1.165) is 0 Å². The molecule has 0 heterocycles. The number of carbonyl (C=O) groups is 3. The van der Waals surface area contributed by atoms with E-state index in [1.165, 1.54) is 38.3 Å². The number of benzene rings is 2. The molecule has 2 aromatic carbocycles. The standard InChI is InChI=1S/C18H18FN3O4/c1-11(23)21-16-9-12(7-8-14(16)19)20-10-17(24)22-15-6-4-3-5-13(15)18(25)26-2/h3-9,20H,10H2,1-2H3,(H,21,23)(H,22,24). The van der Waals surface area contributed by atoms with E-state index in [4.69, 9.17) is 0 Å². The van der Waals surface area contributed by atoms with Gasteiger partial charge in [0.15, 0.2) is 0 Å². The molecule has 0 aliphatic heterocycles. The van der Waals surface area contributed by atoms with Gasteiger partial charge in [0, 0.05) is 12.6 Å². The Kier molecular flexibility index (Phi) is 6.26. The molecule has 0 aliphatic rings. The van der Waals surface area contributed by atoms with Crippen molar-refractivity contribution in [1.82, 2.24) is 0 Å². The van der Waals surface area contributed by atoms with Crippen LogP contribution in [0, 0.1) is 5.82 Å². The SMILES string of the molecule is COC(=O)c1ccccc1NC(=O)CNc1ccc(F)c(NC(C)=O)c1. The highest BCUT2D eigenvalue weighted by Crippen LogP contribution is 2.20. The van der Waals surface area contributed by atoms with Gasteiger partial charge in [-0.3, -0.25) is 9.59 Å². The number of amides is 2. The van der Waals surface area contributed by atoms with Crippen molar-refractivity contribution in [3.63, 3.8) is 0 Å². The van der Waals surface area contributed by atoms with Gasteiger partial charge < -0.3 is 20.7 Å². The minimum atomic E-state index is -0.581. The molecule has 2 rings (SSSR count). The number of nitrogens with one attached hydrogen (secondary N) is 3. The molecule has 7 nitrogen and oxygen atoms in total. The molecular formula is C18H18FN3O4. The van der Waals surface area contributed by atoms with Crippen molar-refractivity contribution in [2.45, 2.75) is 6.92 Å². The van der Waals surface area contributed by atoms with Crippen molar-refractivity contribution >= 4 is 34.8 Å². The van der Waals surface area contributed by atoms with E-state index >= 15 is 0 Å². The number of carbonyl (C=O) groups excluding carboxylic acids is 3. The third-order valence-electron chi connectivity index (χ3n) is 3.34. The number of ether oxygens (including phenoxy) is 1. The maximum absolute atomic E-state index is 13.6. The predicted molar refractivity (Wildman–Crippen MR) is 95.6 cm³/mol. The van der Waals surface area contributed by atoms with Crippen LogP contribution in [0.25, 0.3) is 0 Å². The fourth-order valence-electron chi connectivity index (χ4n) is 2.18. The number of methoxy groups -OCH3 is 1. The number of anilines is 3. The van der Waals surface area contributed by atoms with Gasteiger partial charge in [-0.1, -0.05) is 12.1 Å². The monoisotopic (exact) mass is 359 g/mol. The van der Waals surface area contributed by atoms with E-state index in [0.29, 0.717) is 11.4 Å². The van der Waals surface area contributed by atoms with Gasteiger partial charge in [0.1, 0.15) is 5.82 Å². The maximum atomic E-state index is 13.6. The summed E-state index contributed by atoms with van der Waals surface area (Å²) < 4.78 is 18.3. The van der Waals surface area contributed by atoms with Crippen LogP contribution < -0.4 is 16.0 Å². The van der Waals surface area contributed by atoms with E-state index in [9.17, 15) is 18.8 Å². The molecule has 0 aliphatic carbocycles. The Hall–Kier alpha value is -3.42. The molecule has 0 fully saturated rings. The molecule has 0 saturated heterocycles. The fraction of sp³-hybridized carbons (Fsp3) is 0.167. The van der Waals surface area contributed by atoms with Gasteiger partial charge in [-0.05, 0) is 30.3 Å². The van der Waals surface area contributed by atoms with Crippen molar-refractivity contribution in [3.8, 4) is 0 Å². The Morgan fingerprint density at radius 2 is 1.77 bits per heavy atom. The average Bonchev–Trinajstić information content (AvgIpc) is 2.61. The Morgan fingerprint density at radius 1 is 1.04 bits per heavy atom. The lowest BCUT2D eigenvalue weighted by Crippen LogP contribution is -2.23. The third kappa shape index (κ3) is 5.04. The molecule has 26 heavy (non-hydrogen) atoms. The second-order valence-electron chi connectivity index (χ2n) is 5.31. The Labute approximate surface area is 149 Å². The largest absolute Gasteiger partial charge is 0.465 e. The fourth-order valence-corrected chi connectivity index (χ4v) is 2.18. The van der Waals surface area contributed by atoms with Crippen LogP contribution in [0.15, 0.2) is 42.5 Å². The van der Waals surface area contributed by atoms with Gasteiger partial charge in [0.2, 0.25) is 11.8 Å². The first-order chi connectivity index (χ1) is 12.4. The highest BCUT2D eigenvalue weighted by atomic mass is 19.1. The second kappa shape index (κ2) is 8.61. The van der Waals surface area contributed by atoms with Crippen molar-refractivity contribution in [3.05, 3.63) is 53.8 Å². The first-order valence-electron chi connectivity index (χ1n) is 7.69. The third-order valence-corrected chi connectivity index (χ3v) is 3.34. The Bertz CT molecular complexity index is 839. The highest BCUT2D eigenvalue weighted by Gasteiger charge is 2.13. The first kappa shape index (κ1) is 18.9. The topological polar surface area (TPSA) is 96.5 Å². The van der Waals surface area contributed by atoms with Crippen molar-refractivity contribution in [2.75, 3.05) is 29.6 Å². The van der Waals surface area contributed by atoms with Gasteiger partial charge in [-0.2, -0.15) is 0 Å². The summed E-state index contributed by atoms with van der Waals surface area (Å²) >= 11 is 0. The lowest BCUT2D eigenvalue weighted by Gasteiger charge is -2.12. The van der Waals surface area contributed by atoms with Crippen LogP contribution in [-0.4, -0.2) is 31.4 Å². The van der Waals surface area contributed by atoms with Crippen LogP contribution in [0.2, 0.25) is 0 Å². The zero-order chi connectivity index (χ0) is 19.1. The summed E-state index contributed by atoms with van der Waals surface area (Å²) in [6, 6.07) is 10.4. The second-order valence-corrected chi connectivity index (χ2v) is 5.31. The summed E-state index contributed by atoms with van der Waals surface area (Å²) in [4.78, 5) is 34.9. The quantitative estimate of drug-likeness (QED) is 0.689. The van der Waals surface area contributed by atoms with Gasteiger partial charge >= 0.3 is 5.97 Å². The van der Waals surface area contributed by atoms with Crippen LogP contribution in [0.1, 0.15) is 17.3 Å². The summed E-state index contributed by atoms with van der Waals surface area (Å²) in [5.74, 6) is -1.96. The molecule has 0 bridgehead atoms. The normalized spacial score (nSPS) is 9.96. The predicted octanol–water partition coefficient (Wildman–Crippen LogP) is 2.62. The molecule has 2 amide bonds. The first-order valence-corrected chi connectivity index (χ1v) is 7.69. The number of rotatable bonds is 6. The Morgan fingerprint density at radius 3 is 2.46 bits per heavy atom. The Balaban J connectivity index is 2.02. The number of hydrogen-bond donors (Lipinski definition) is 3. The van der Waals surface area contributed by atoms with Gasteiger partial charge in [0.05, 0.1) is 30.6 Å². The van der Waals surface area contributed by atoms with Crippen molar-refractivity contribution in [1.29, 1.82) is 0 Å². The van der Waals surface area contributed by atoms with E-state index in [1.54, 1.807) is 18.2 Å². The van der Waals surface area contributed by atoms with E-state index in [-0.39, 0.29) is 17.8 Å². The molecule has 8 heteroatoms. The number of esters is 1. The molecule has 0 atom stereocenters. The average molecular weight is 359 g/mol. The lowest BCUT2D eigenvalue weighted by atomic mass is 10.2. The molecule has 3 N–H and O–H groups in total. The smallest absolute Gasteiger partial charge is 0.339 e. The molecule has 0 unspecified atom stereocenters. The molecule has 0 aromatic heterocycles. The van der Waals surface area contributed by atoms with E-state index in [2.05, 4.69) is 20.7 Å². The maximum Gasteiger partial charge on any atom is 0.339 e. The van der Waals surface area contributed by atoms with Crippen molar-refractivity contribution in [2.24, 2.45) is 0 Å². The molecule has 0 spiro atoms. The lowest BCUT2D eigenvalue weighted by molar-refractivity contribution is -0.115. The van der Waals surface area contributed by atoms with E-state index in [1.807, 2.05) is 0 Å². The minimum absolute atomic E-state index is 0.0129. The summed E-state index contributed by atoms with van der Waals surface area (Å²) in [7, 11) is 1.25. The molecule has 0 radical (unpaired) electrons. The van der Waals surface area contributed by atoms with Crippen molar-refractivity contribution < 1.29 is 23.5 Å². The molecular weight excluding hydrogens is 341 g/mol. The summed E-state index contributed by atoms with van der Waals surface area (Å²) in [5.41, 5.74) is 1.02. The summed E-state index contributed by atoms with van der Waals surface area (Å²) in [6.07, 6.45) is 0. The molecule has 2 aromatic rings. The number of para-hydroxylation sites is 1. The van der Waals surface area contributed by atoms with Crippen LogP contribution in [0.3, 0.4) is 0 Å². The van der Waals surface area contributed by atoms with Crippen LogP contribution in [0.5, 0.6) is 0 Å². The summed E-state index contributed by atoms with van der Waals surface area (Å²) in [6.45, 7) is 1.15. The van der Waals surface area contributed by atoms with Crippen LogP contribution in [0.4, 0.5) is 21.5 Å². The zero-order valence-corrected chi connectivity index (χ0v) is 14.3. The van der Waals surface area contributed by atoms with Crippen LogP contribution >= 0.6 is 0 Å². The highest BCUT2D eigenvalue weighted by molar-refractivity contribution is 6.02. The van der Waals surface area contributed by atoms with Gasteiger partial charge in [0.25, 0.3) is 0 Å².